The Labute approximate surface area is 273 Å². The fraction of sp³-hybridized carbons (Fsp3) is 0.618. The van der Waals surface area contributed by atoms with Gasteiger partial charge in [-0.1, -0.05) is 82.6 Å². The van der Waals surface area contributed by atoms with Gasteiger partial charge in [0.15, 0.2) is 17.2 Å². The van der Waals surface area contributed by atoms with E-state index in [-0.39, 0.29) is 29.9 Å². The van der Waals surface area contributed by atoms with Gasteiger partial charge in [0.25, 0.3) is 5.91 Å². The van der Waals surface area contributed by atoms with Gasteiger partial charge in [-0.2, -0.15) is 0 Å². The lowest BCUT2D eigenvalue weighted by Crippen LogP contribution is -2.53. The van der Waals surface area contributed by atoms with Crippen molar-refractivity contribution < 1.29 is 33.2 Å². The van der Waals surface area contributed by atoms with Crippen LogP contribution in [0.3, 0.4) is 0 Å². The maximum Gasteiger partial charge on any atom is 0.274 e. The smallest absolute Gasteiger partial charge is 0.274 e. The molecule has 3 amide bonds. The Balaban J connectivity index is 0.000000711. The number of aromatic nitrogens is 1. The number of morpholine rings is 1. The number of hydrogen-bond acceptors (Lipinski definition) is 9. The number of ketones is 1. The highest BCUT2D eigenvalue weighted by Gasteiger charge is 2.50. The molecule has 2 aliphatic heterocycles. The van der Waals surface area contributed by atoms with E-state index in [1.54, 1.807) is 26.8 Å². The number of benzene rings is 1. The van der Waals surface area contributed by atoms with E-state index in [0.29, 0.717) is 38.5 Å². The van der Waals surface area contributed by atoms with Crippen molar-refractivity contribution in [2.45, 2.75) is 86.0 Å². The number of carbonyl (C=O) groups excluding carboxylic acids is 4. The second-order valence-corrected chi connectivity index (χ2v) is 12.3. The Hall–Kier alpha value is -3.61. The minimum atomic E-state index is -0.897. The second-order valence-electron chi connectivity index (χ2n) is 12.3. The van der Waals surface area contributed by atoms with Crippen molar-refractivity contribution in [3.8, 4) is 0 Å². The number of nitrogens with one attached hydrogen (secondary N) is 3. The minimum Gasteiger partial charge on any atom is -0.379 e. The van der Waals surface area contributed by atoms with E-state index in [4.69, 9.17) is 14.0 Å². The summed E-state index contributed by atoms with van der Waals surface area (Å²) in [6.07, 6.45) is 0.466. The highest BCUT2D eigenvalue weighted by molar-refractivity contribution is 5.98. The highest BCUT2D eigenvalue weighted by atomic mass is 16.6. The molecule has 1 aromatic carbocycles. The molecule has 2 fully saturated rings. The Bertz CT molecular complexity index is 1240. The van der Waals surface area contributed by atoms with Gasteiger partial charge >= 0.3 is 0 Å². The Kier molecular flexibility index (Phi) is 16.1. The molecule has 12 nitrogen and oxygen atoms in total. The van der Waals surface area contributed by atoms with Crippen molar-refractivity contribution in [2.24, 2.45) is 11.8 Å². The lowest BCUT2D eigenvalue weighted by atomic mass is 9.93. The van der Waals surface area contributed by atoms with Crippen LogP contribution in [0, 0.1) is 18.8 Å². The predicted octanol–water partition coefficient (Wildman–Crippen LogP) is 3.29. The van der Waals surface area contributed by atoms with Gasteiger partial charge in [0.1, 0.15) is 11.6 Å². The summed E-state index contributed by atoms with van der Waals surface area (Å²) in [6, 6.07) is 10.2. The Morgan fingerprint density at radius 1 is 1.00 bits per heavy atom. The molecule has 0 saturated carbocycles. The summed E-state index contributed by atoms with van der Waals surface area (Å²) in [4.78, 5) is 53.0. The van der Waals surface area contributed by atoms with Gasteiger partial charge in [-0.25, -0.2) is 0 Å². The molecule has 1 aromatic heterocycles. The third-order valence-electron chi connectivity index (χ3n) is 7.33. The van der Waals surface area contributed by atoms with Gasteiger partial charge < -0.3 is 29.9 Å². The molecule has 1 unspecified atom stereocenters. The zero-order valence-corrected chi connectivity index (χ0v) is 28.7. The predicted molar refractivity (Wildman–Crippen MR) is 175 cm³/mol. The van der Waals surface area contributed by atoms with Gasteiger partial charge in [0.05, 0.1) is 39.0 Å². The summed E-state index contributed by atoms with van der Waals surface area (Å²) in [5.74, 6) is -1.25. The quantitative estimate of drug-likeness (QED) is 0.279. The van der Waals surface area contributed by atoms with Gasteiger partial charge in [0.2, 0.25) is 11.8 Å². The van der Waals surface area contributed by atoms with E-state index in [1.165, 1.54) is 5.56 Å². The SMILES string of the molecule is CC.CC(C)C[C@H](NC(=O)CNC(=O)C(NC(=O)c1cc(CN2CCOCC2)on1)C(C)C)C(=O)[C@@]1(C)CO1.Cc1ccccc1. The van der Waals surface area contributed by atoms with Crippen molar-refractivity contribution in [3.63, 3.8) is 0 Å². The topological polar surface area (TPSA) is 155 Å². The Morgan fingerprint density at radius 3 is 2.15 bits per heavy atom. The fourth-order valence-corrected chi connectivity index (χ4v) is 4.60. The first-order chi connectivity index (χ1) is 21.9. The van der Waals surface area contributed by atoms with Crippen LogP contribution in [-0.4, -0.2) is 90.7 Å². The molecule has 0 radical (unpaired) electrons. The van der Waals surface area contributed by atoms with Crippen LogP contribution < -0.4 is 16.0 Å². The van der Waals surface area contributed by atoms with Crippen molar-refractivity contribution in [2.75, 3.05) is 39.5 Å². The summed E-state index contributed by atoms with van der Waals surface area (Å²) < 4.78 is 15.9. The van der Waals surface area contributed by atoms with Gasteiger partial charge in [-0.15, -0.1) is 0 Å². The van der Waals surface area contributed by atoms with Gasteiger partial charge in [-0.3, -0.25) is 24.1 Å². The van der Waals surface area contributed by atoms with Crippen LogP contribution in [-0.2, 0) is 30.4 Å². The van der Waals surface area contributed by atoms with E-state index in [0.717, 1.165) is 13.1 Å². The first-order valence-corrected chi connectivity index (χ1v) is 16.2. The number of epoxide rings is 1. The molecule has 2 aliphatic rings. The average molecular weight is 644 g/mol. The van der Waals surface area contributed by atoms with Crippen molar-refractivity contribution in [3.05, 3.63) is 53.4 Å². The molecular formula is C34H53N5O7. The number of amides is 3. The monoisotopic (exact) mass is 643 g/mol. The third-order valence-corrected chi connectivity index (χ3v) is 7.33. The third kappa shape index (κ3) is 13.0. The fourth-order valence-electron chi connectivity index (χ4n) is 4.60. The molecule has 0 aliphatic carbocycles. The van der Waals surface area contributed by atoms with Crippen LogP contribution in [0.5, 0.6) is 0 Å². The van der Waals surface area contributed by atoms with Crippen LogP contribution in [0.1, 0.15) is 76.7 Å². The maximum absolute atomic E-state index is 12.8. The molecule has 3 atom stereocenters. The zero-order chi connectivity index (χ0) is 34.3. The van der Waals surface area contributed by atoms with Crippen LogP contribution in [0.4, 0.5) is 0 Å². The van der Waals surface area contributed by atoms with Gasteiger partial charge in [-0.05, 0) is 32.1 Å². The Morgan fingerprint density at radius 2 is 1.63 bits per heavy atom. The standard InChI is InChI=1S/C25H39N5O7.C7H8.C2H6/c1-15(2)10-18(22(32)25(5)14-36-25)27-20(31)12-26-24(34)21(16(3)4)28-23(33)19-11-17(37-29-19)13-30-6-8-35-9-7-30;1-7-5-3-2-4-6-7;1-2/h11,15-16,18,21H,6-10,12-14H2,1-5H3,(H,26,34)(H,27,31)(H,28,33);2-6H,1H3;1-2H3/t18-,21?,25+;;/m0../s1. The van der Waals surface area contributed by atoms with Crippen molar-refractivity contribution in [1.82, 2.24) is 26.0 Å². The lowest BCUT2D eigenvalue weighted by Gasteiger charge is -2.25. The van der Waals surface area contributed by atoms with Crippen LogP contribution in [0.25, 0.3) is 0 Å². The molecule has 256 valence electrons. The molecule has 2 aromatic rings. The molecule has 3 heterocycles. The van der Waals surface area contributed by atoms with E-state index < -0.39 is 35.4 Å². The van der Waals surface area contributed by atoms with Crippen molar-refractivity contribution >= 4 is 23.5 Å². The first kappa shape index (κ1) is 38.6. The number of carbonyl (C=O) groups is 4. The molecular weight excluding hydrogens is 590 g/mol. The van der Waals surface area contributed by atoms with Crippen LogP contribution >= 0.6 is 0 Å². The average Bonchev–Trinajstić information content (AvgIpc) is 3.62. The number of nitrogens with zero attached hydrogens (tertiary/aromatic N) is 2. The molecule has 46 heavy (non-hydrogen) atoms. The molecule has 0 bridgehead atoms. The summed E-state index contributed by atoms with van der Waals surface area (Å²) in [5, 5.41) is 11.8. The van der Waals surface area contributed by atoms with E-state index in [1.807, 2.05) is 45.9 Å². The normalized spacial score (nSPS) is 18.7. The summed E-state index contributed by atoms with van der Waals surface area (Å²) in [6.45, 7) is 18.6. The molecule has 2 saturated heterocycles. The minimum absolute atomic E-state index is 0.0743. The van der Waals surface area contributed by atoms with Crippen molar-refractivity contribution in [1.29, 1.82) is 0 Å². The molecule has 0 spiro atoms. The van der Waals surface area contributed by atoms with Crippen LogP contribution in [0.2, 0.25) is 0 Å². The van der Waals surface area contributed by atoms with E-state index >= 15 is 0 Å². The molecule has 3 N–H and O–H groups in total. The first-order valence-electron chi connectivity index (χ1n) is 16.2. The zero-order valence-electron chi connectivity index (χ0n) is 28.7. The van der Waals surface area contributed by atoms with E-state index in [9.17, 15) is 19.2 Å². The maximum atomic E-state index is 12.8. The lowest BCUT2D eigenvalue weighted by molar-refractivity contribution is -0.131. The number of hydrogen-bond donors (Lipinski definition) is 3. The molecule has 12 heteroatoms. The number of ether oxygens (including phenoxy) is 2. The highest BCUT2D eigenvalue weighted by Crippen LogP contribution is 2.29. The number of aryl methyl sites for hydroxylation is 1. The summed E-state index contributed by atoms with van der Waals surface area (Å²) in [7, 11) is 0. The summed E-state index contributed by atoms with van der Waals surface area (Å²) in [5.41, 5.74) is 0.541. The van der Waals surface area contributed by atoms with Crippen LogP contribution in [0.15, 0.2) is 40.9 Å². The number of Topliss-reactive ketones (excluding diaryl/α,β-unsaturated/α-hetero) is 1. The second kappa shape index (κ2) is 19.1. The molecule has 4 rings (SSSR count). The van der Waals surface area contributed by atoms with E-state index in [2.05, 4.69) is 45.1 Å². The van der Waals surface area contributed by atoms with Gasteiger partial charge in [0, 0.05) is 19.2 Å². The number of rotatable bonds is 13. The summed E-state index contributed by atoms with van der Waals surface area (Å²) >= 11 is 0. The largest absolute Gasteiger partial charge is 0.379 e.